The zero-order valence-electron chi connectivity index (χ0n) is 6.14. The van der Waals surface area contributed by atoms with E-state index in [0.717, 1.165) is 14.2 Å². The molecule has 0 amide bonds. The second kappa shape index (κ2) is 4.46. The van der Waals surface area contributed by atoms with Crippen LogP contribution in [0.1, 0.15) is 0 Å². The van der Waals surface area contributed by atoms with E-state index >= 15 is 0 Å². The molecule has 0 aromatic carbocycles. The van der Waals surface area contributed by atoms with Gasteiger partial charge in [-0.15, -0.1) is 0 Å². The van der Waals surface area contributed by atoms with E-state index in [1.165, 1.54) is 0 Å². The third-order valence-corrected chi connectivity index (χ3v) is 2.11. The molecule has 0 radical (unpaired) electrons. The van der Waals surface area contributed by atoms with Crippen LogP contribution in [0.5, 0.6) is 0 Å². The van der Waals surface area contributed by atoms with Gasteiger partial charge in [-0.1, -0.05) is 0 Å². The average Bonchev–Trinajstić information content (AvgIpc) is 2.04. The second-order valence-corrected chi connectivity index (χ2v) is 3.24. The Bertz CT molecular complexity index is 169. The fourth-order valence-corrected chi connectivity index (χ4v) is 0.908. The van der Waals surface area contributed by atoms with Crippen molar-refractivity contribution in [3.8, 4) is 0 Å². The molecule has 0 rings (SSSR count). The highest BCUT2D eigenvalue weighted by Gasteiger charge is 2.26. The van der Waals surface area contributed by atoms with Crippen molar-refractivity contribution in [1.82, 2.24) is 0 Å². The van der Waals surface area contributed by atoms with Crippen molar-refractivity contribution < 1.29 is 28.0 Å². The molecule has 7 heteroatoms. The first-order chi connectivity index (χ1) is 5.08. The summed E-state index contributed by atoms with van der Waals surface area (Å²) in [6.07, 6.45) is 0. The van der Waals surface area contributed by atoms with Crippen LogP contribution in [0.25, 0.3) is 0 Å². The summed E-state index contributed by atoms with van der Waals surface area (Å²) in [4.78, 5) is 10.3. The third-order valence-electron chi connectivity index (χ3n) is 0.790. The lowest BCUT2D eigenvalue weighted by molar-refractivity contribution is -0.139. The van der Waals surface area contributed by atoms with E-state index in [4.69, 9.17) is 5.11 Å². The maximum atomic E-state index is 10.9. The van der Waals surface area contributed by atoms with Gasteiger partial charge in [-0.3, -0.25) is 9.05 Å². The number of hydrogen-bond donors (Lipinski definition) is 1. The maximum absolute atomic E-state index is 10.9. The Morgan fingerprint density at radius 3 is 2.18 bits per heavy atom. The van der Waals surface area contributed by atoms with Crippen LogP contribution in [0.15, 0.2) is 0 Å². The van der Waals surface area contributed by atoms with E-state index in [2.05, 4.69) is 13.6 Å². The van der Waals surface area contributed by atoms with Crippen LogP contribution in [0, 0.1) is 0 Å². The number of aliphatic hydroxyl groups is 1. The predicted molar refractivity (Wildman–Crippen MR) is 34.8 cm³/mol. The van der Waals surface area contributed by atoms with E-state index in [0.29, 0.717) is 0 Å². The third kappa shape index (κ3) is 3.48. The highest BCUT2D eigenvalue weighted by Crippen LogP contribution is 2.47. The van der Waals surface area contributed by atoms with Gasteiger partial charge >= 0.3 is 13.8 Å². The molecule has 0 bridgehead atoms. The molecule has 0 saturated carbocycles. The Kier molecular flexibility index (Phi) is 4.29. The number of aliphatic hydroxyl groups excluding tert-OH is 1. The molecule has 0 aliphatic heterocycles. The summed E-state index contributed by atoms with van der Waals surface area (Å²) in [6, 6.07) is 0. The van der Waals surface area contributed by atoms with Crippen molar-refractivity contribution in [3.63, 3.8) is 0 Å². The van der Waals surface area contributed by atoms with Crippen LogP contribution in [0.2, 0.25) is 0 Å². The highest BCUT2D eigenvalue weighted by atomic mass is 31.2. The molecule has 0 aromatic rings. The summed E-state index contributed by atoms with van der Waals surface area (Å²) in [6.45, 7) is -0.864. The van der Waals surface area contributed by atoms with Crippen molar-refractivity contribution >= 4 is 13.8 Å². The Hall–Kier alpha value is -0.420. The minimum atomic E-state index is -3.76. The van der Waals surface area contributed by atoms with Crippen LogP contribution in [-0.4, -0.2) is 31.9 Å². The molecule has 0 atom stereocenters. The summed E-state index contributed by atoms with van der Waals surface area (Å²) >= 11 is 0. The average molecular weight is 184 g/mol. The van der Waals surface area contributed by atoms with Gasteiger partial charge in [0.2, 0.25) is 0 Å². The highest BCUT2D eigenvalue weighted by molar-refractivity contribution is 7.49. The largest absolute Gasteiger partial charge is 0.531 e. The van der Waals surface area contributed by atoms with Crippen molar-refractivity contribution in [1.29, 1.82) is 0 Å². The van der Waals surface area contributed by atoms with Gasteiger partial charge in [0.1, 0.15) is 6.61 Å². The van der Waals surface area contributed by atoms with E-state index in [1.54, 1.807) is 0 Å². The van der Waals surface area contributed by atoms with Crippen molar-refractivity contribution in [2.75, 3.05) is 20.8 Å². The summed E-state index contributed by atoms with van der Waals surface area (Å²) in [5, 5.41) is 8.18. The number of carbonyl (C=O) groups is 1. The summed E-state index contributed by atoms with van der Waals surface area (Å²) in [5.74, 6) is -1.06. The van der Waals surface area contributed by atoms with Crippen LogP contribution in [0.3, 0.4) is 0 Å². The summed E-state index contributed by atoms with van der Waals surface area (Å²) in [7, 11) is -1.63. The van der Waals surface area contributed by atoms with E-state index in [9.17, 15) is 9.36 Å². The van der Waals surface area contributed by atoms with Crippen molar-refractivity contribution in [3.05, 3.63) is 0 Å². The van der Waals surface area contributed by atoms with Gasteiger partial charge in [0.05, 0.1) is 0 Å². The van der Waals surface area contributed by atoms with Crippen LogP contribution < -0.4 is 0 Å². The number of phosphoric ester groups is 1. The van der Waals surface area contributed by atoms with Gasteiger partial charge in [0.25, 0.3) is 0 Å². The summed E-state index contributed by atoms with van der Waals surface area (Å²) < 4.78 is 23.5. The number of hydrogen-bond acceptors (Lipinski definition) is 6. The Balaban J connectivity index is 4.09. The lowest BCUT2D eigenvalue weighted by Gasteiger charge is -2.11. The molecule has 11 heavy (non-hydrogen) atoms. The molecule has 66 valence electrons. The first-order valence-electron chi connectivity index (χ1n) is 2.62. The molecule has 0 fully saturated rings. The molecular formula is C4H9O6P. The Labute approximate surface area is 63.7 Å². The minimum Gasteiger partial charge on any atom is -0.385 e. The number of phosphoric acid groups is 1. The van der Waals surface area contributed by atoms with E-state index in [-0.39, 0.29) is 0 Å². The fourth-order valence-electron chi connectivity index (χ4n) is 0.303. The lowest BCUT2D eigenvalue weighted by Crippen LogP contribution is -2.08. The van der Waals surface area contributed by atoms with Gasteiger partial charge in [0, 0.05) is 14.2 Å². The smallest absolute Gasteiger partial charge is 0.385 e. The van der Waals surface area contributed by atoms with Gasteiger partial charge < -0.3 is 9.63 Å². The van der Waals surface area contributed by atoms with Crippen LogP contribution >= 0.6 is 7.82 Å². The van der Waals surface area contributed by atoms with Crippen molar-refractivity contribution in [2.24, 2.45) is 0 Å². The number of rotatable bonds is 4. The van der Waals surface area contributed by atoms with E-state index in [1.807, 2.05) is 0 Å². The molecule has 0 unspecified atom stereocenters. The molecule has 0 aliphatic rings. The minimum absolute atomic E-state index is 0.864. The zero-order chi connectivity index (χ0) is 8.91. The SMILES string of the molecule is COP(=O)(OC)OC(=O)CO. The fraction of sp³-hybridized carbons (Fsp3) is 0.750. The predicted octanol–water partition coefficient (Wildman–Crippen LogP) is -0.0772. The monoisotopic (exact) mass is 184 g/mol. The lowest BCUT2D eigenvalue weighted by atomic mass is 10.8. The maximum Gasteiger partial charge on any atom is 0.531 e. The zero-order valence-corrected chi connectivity index (χ0v) is 7.04. The Morgan fingerprint density at radius 1 is 1.45 bits per heavy atom. The molecule has 0 spiro atoms. The second-order valence-electron chi connectivity index (χ2n) is 1.43. The van der Waals surface area contributed by atoms with Gasteiger partial charge in [-0.2, -0.15) is 0 Å². The van der Waals surface area contributed by atoms with Gasteiger partial charge in [-0.05, 0) is 0 Å². The molecule has 0 saturated heterocycles. The topological polar surface area (TPSA) is 82.1 Å². The first kappa shape index (κ1) is 10.6. The molecule has 1 N–H and O–H groups in total. The normalized spacial score (nSPS) is 11.2. The molecule has 0 heterocycles. The quantitative estimate of drug-likeness (QED) is 0.615. The van der Waals surface area contributed by atoms with Crippen molar-refractivity contribution in [2.45, 2.75) is 0 Å². The first-order valence-corrected chi connectivity index (χ1v) is 4.09. The molecule has 0 aromatic heterocycles. The summed E-state index contributed by atoms with van der Waals surface area (Å²) in [5.41, 5.74) is 0. The number of carbonyl (C=O) groups excluding carboxylic acids is 1. The van der Waals surface area contributed by atoms with E-state index < -0.39 is 20.4 Å². The van der Waals surface area contributed by atoms with Crippen LogP contribution in [-0.2, 0) is 22.9 Å². The molecular weight excluding hydrogens is 175 g/mol. The Morgan fingerprint density at radius 2 is 1.91 bits per heavy atom. The molecule has 0 aliphatic carbocycles. The van der Waals surface area contributed by atoms with Gasteiger partial charge in [-0.25, -0.2) is 9.36 Å². The van der Waals surface area contributed by atoms with Gasteiger partial charge in [0.15, 0.2) is 0 Å². The standard InChI is InChI=1S/C4H9O6P/c1-8-11(7,9-2)10-4(6)3-5/h5H,3H2,1-2H3. The van der Waals surface area contributed by atoms with Crippen LogP contribution in [0.4, 0.5) is 0 Å². The molecule has 6 nitrogen and oxygen atoms in total.